The van der Waals surface area contributed by atoms with Crippen molar-refractivity contribution in [2.24, 2.45) is 0 Å². The van der Waals surface area contributed by atoms with Gasteiger partial charge >= 0.3 is 0 Å². The third-order valence-corrected chi connectivity index (χ3v) is 6.12. The Morgan fingerprint density at radius 2 is 1.79 bits per heavy atom. The number of carbonyl (C=O) groups is 2. The molecule has 6 nitrogen and oxygen atoms in total. The molecular formula is C23H35N3O3. The van der Waals surface area contributed by atoms with Crippen LogP contribution in [-0.4, -0.2) is 84.9 Å². The Hall–Kier alpha value is -1.92. The number of benzene rings is 1. The van der Waals surface area contributed by atoms with E-state index < -0.39 is 0 Å². The molecule has 0 aliphatic carbocycles. The lowest BCUT2D eigenvalue weighted by molar-refractivity contribution is -0.132. The van der Waals surface area contributed by atoms with Gasteiger partial charge in [0, 0.05) is 50.7 Å². The second-order valence-electron chi connectivity index (χ2n) is 8.19. The Bertz CT molecular complexity index is 668. The molecular weight excluding hydrogens is 366 g/mol. The van der Waals surface area contributed by atoms with Gasteiger partial charge in [0.05, 0.1) is 13.2 Å². The van der Waals surface area contributed by atoms with Crippen LogP contribution in [0.4, 0.5) is 0 Å². The molecule has 1 atom stereocenters. The van der Waals surface area contributed by atoms with Gasteiger partial charge in [-0.3, -0.25) is 14.5 Å². The molecule has 29 heavy (non-hydrogen) atoms. The van der Waals surface area contributed by atoms with Crippen LogP contribution in [0.5, 0.6) is 5.75 Å². The zero-order valence-electron chi connectivity index (χ0n) is 17.9. The lowest BCUT2D eigenvalue weighted by atomic mass is 10.1. The van der Waals surface area contributed by atoms with Gasteiger partial charge in [-0.2, -0.15) is 0 Å². The van der Waals surface area contributed by atoms with E-state index in [0.29, 0.717) is 38.7 Å². The Balaban J connectivity index is 1.37. The summed E-state index contributed by atoms with van der Waals surface area (Å²) >= 11 is 0. The molecule has 1 unspecified atom stereocenters. The number of hydrogen-bond acceptors (Lipinski definition) is 5. The van der Waals surface area contributed by atoms with Gasteiger partial charge in [-0.05, 0) is 57.0 Å². The van der Waals surface area contributed by atoms with E-state index in [9.17, 15) is 9.59 Å². The van der Waals surface area contributed by atoms with Gasteiger partial charge in [0.1, 0.15) is 5.75 Å². The predicted octanol–water partition coefficient (Wildman–Crippen LogP) is 2.68. The molecule has 0 aromatic heterocycles. The largest absolute Gasteiger partial charge is 0.494 e. The molecule has 1 aromatic carbocycles. The molecule has 0 bridgehead atoms. The number of hydrogen-bond donors (Lipinski definition) is 0. The molecule has 2 saturated heterocycles. The highest BCUT2D eigenvalue weighted by Gasteiger charge is 2.22. The van der Waals surface area contributed by atoms with Crippen LogP contribution >= 0.6 is 0 Å². The molecule has 6 heteroatoms. The van der Waals surface area contributed by atoms with Gasteiger partial charge < -0.3 is 14.5 Å². The van der Waals surface area contributed by atoms with Crippen LogP contribution in [-0.2, 0) is 4.79 Å². The Labute approximate surface area is 174 Å². The molecule has 0 N–H and O–H groups in total. The van der Waals surface area contributed by atoms with Gasteiger partial charge in [-0.25, -0.2) is 0 Å². The number of likely N-dealkylation sites (tertiary alicyclic amines) is 1. The minimum atomic E-state index is 0.120. The molecule has 2 fully saturated rings. The number of rotatable bonds is 9. The standard InChI is InChI=1S/C23H35N3O3/c1-3-23(28)26-15-13-24(14-16-26)18-22(27)20-7-9-21(10-8-20)29-17-5-12-25-11-4-6-19(25)2/h7-10,19H,3-6,11-18H2,1-2H3. The monoisotopic (exact) mass is 401 g/mol. The summed E-state index contributed by atoms with van der Waals surface area (Å²) < 4.78 is 5.84. The highest BCUT2D eigenvalue weighted by molar-refractivity contribution is 5.97. The van der Waals surface area contributed by atoms with Crippen molar-refractivity contribution in [1.82, 2.24) is 14.7 Å². The first-order valence-corrected chi connectivity index (χ1v) is 11.1. The normalized spacial score (nSPS) is 20.8. The van der Waals surface area contributed by atoms with Gasteiger partial charge in [0.25, 0.3) is 0 Å². The molecule has 1 aromatic rings. The van der Waals surface area contributed by atoms with Crippen molar-refractivity contribution < 1.29 is 14.3 Å². The molecule has 0 spiro atoms. The third kappa shape index (κ3) is 6.28. The summed E-state index contributed by atoms with van der Waals surface area (Å²) in [5.74, 6) is 1.14. The molecule has 0 saturated carbocycles. The van der Waals surface area contributed by atoms with Crippen molar-refractivity contribution in [2.75, 3.05) is 52.4 Å². The minimum absolute atomic E-state index is 0.120. The number of ketones is 1. The van der Waals surface area contributed by atoms with E-state index in [1.54, 1.807) is 0 Å². The number of nitrogens with zero attached hydrogens (tertiary/aromatic N) is 3. The van der Waals surface area contributed by atoms with Crippen LogP contribution in [0.25, 0.3) is 0 Å². The fourth-order valence-corrected chi connectivity index (χ4v) is 4.19. The third-order valence-electron chi connectivity index (χ3n) is 6.12. The van der Waals surface area contributed by atoms with E-state index >= 15 is 0 Å². The van der Waals surface area contributed by atoms with Crippen molar-refractivity contribution >= 4 is 11.7 Å². The number of amides is 1. The maximum absolute atomic E-state index is 12.6. The lowest BCUT2D eigenvalue weighted by Gasteiger charge is -2.34. The van der Waals surface area contributed by atoms with Crippen molar-refractivity contribution in [2.45, 2.75) is 45.6 Å². The van der Waals surface area contributed by atoms with Gasteiger partial charge in [-0.1, -0.05) is 6.92 Å². The quantitative estimate of drug-likeness (QED) is 0.470. The molecule has 2 heterocycles. The van der Waals surface area contributed by atoms with E-state index in [0.717, 1.165) is 37.4 Å². The summed E-state index contributed by atoms with van der Waals surface area (Å²) in [7, 11) is 0. The second-order valence-corrected chi connectivity index (χ2v) is 8.19. The fourth-order valence-electron chi connectivity index (χ4n) is 4.19. The van der Waals surface area contributed by atoms with Crippen LogP contribution in [0.15, 0.2) is 24.3 Å². The summed E-state index contributed by atoms with van der Waals surface area (Å²) in [5.41, 5.74) is 0.718. The van der Waals surface area contributed by atoms with Crippen molar-refractivity contribution in [3.63, 3.8) is 0 Å². The highest BCUT2D eigenvalue weighted by Crippen LogP contribution is 2.17. The molecule has 0 radical (unpaired) electrons. The number of piperazine rings is 1. The van der Waals surface area contributed by atoms with Gasteiger partial charge in [0.15, 0.2) is 5.78 Å². The average molecular weight is 402 g/mol. The van der Waals surface area contributed by atoms with Gasteiger partial charge in [-0.15, -0.1) is 0 Å². The summed E-state index contributed by atoms with van der Waals surface area (Å²) in [6.07, 6.45) is 4.19. The molecule has 1 amide bonds. The smallest absolute Gasteiger partial charge is 0.222 e. The van der Waals surface area contributed by atoms with Crippen LogP contribution in [0.2, 0.25) is 0 Å². The van der Waals surface area contributed by atoms with Crippen molar-refractivity contribution in [3.05, 3.63) is 29.8 Å². The molecule has 3 rings (SSSR count). The summed E-state index contributed by atoms with van der Waals surface area (Å²) in [4.78, 5) is 30.9. The fraction of sp³-hybridized carbons (Fsp3) is 0.652. The average Bonchev–Trinajstić information content (AvgIpc) is 3.16. The van der Waals surface area contributed by atoms with E-state index in [1.807, 2.05) is 36.1 Å². The van der Waals surface area contributed by atoms with Gasteiger partial charge in [0.2, 0.25) is 5.91 Å². The Morgan fingerprint density at radius 3 is 2.41 bits per heavy atom. The summed E-state index contributed by atoms with van der Waals surface area (Å²) in [6.45, 7) is 10.5. The molecule has 2 aliphatic rings. The second kappa shape index (κ2) is 10.7. The first-order valence-electron chi connectivity index (χ1n) is 11.1. The SMILES string of the molecule is CCC(=O)N1CCN(CC(=O)c2ccc(OCCCN3CCCC3C)cc2)CC1. The van der Waals surface area contributed by atoms with E-state index in [4.69, 9.17) is 4.74 Å². The summed E-state index contributed by atoms with van der Waals surface area (Å²) in [6, 6.07) is 8.21. The van der Waals surface area contributed by atoms with Crippen LogP contribution < -0.4 is 4.74 Å². The number of Topliss-reactive ketones (excluding diaryl/α,β-unsaturated/α-hetero) is 1. The minimum Gasteiger partial charge on any atom is -0.494 e. The van der Waals surface area contributed by atoms with Crippen molar-refractivity contribution in [3.8, 4) is 5.75 Å². The first-order chi connectivity index (χ1) is 14.1. The maximum atomic E-state index is 12.6. The van der Waals surface area contributed by atoms with Crippen LogP contribution in [0.1, 0.15) is 49.9 Å². The van der Waals surface area contributed by atoms with Crippen LogP contribution in [0, 0.1) is 0 Å². The van der Waals surface area contributed by atoms with Crippen LogP contribution in [0.3, 0.4) is 0 Å². The maximum Gasteiger partial charge on any atom is 0.222 e. The predicted molar refractivity (Wildman–Crippen MR) is 114 cm³/mol. The van der Waals surface area contributed by atoms with E-state index in [2.05, 4.69) is 16.7 Å². The number of ether oxygens (including phenoxy) is 1. The Morgan fingerprint density at radius 1 is 1.07 bits per heavy atom. The first kappa shape index (κ1) is 21.8. The topological polar surface area (TPSA) is 53.1 Å². The van der Waals surface area contributed by atoms with Crippen molar-refractivity contribution in [1.29, 1.82) is 0 Å². The summed E-state index contributed by atoms with van der Waals surface area (Å²) in [5, 5.41) is 0. The van der Waals surface area contributed by atoms with E-state index in [-0.39, 0.29) is 11.7 Å². The molecule has 2 aliphatic heterocycles. The number of carbonyl (C=O) groups excluding carboxylic acids is 2. The lowest BCUT2D eigenvalue weighted by Crippen LogP contribution is -2.49. The van der Waals surface area contributed by atoms with E-state index in [1.165, 1.54) is 19.4 Å². The molecule has 160 valence electrons. The zero-order valence-corrected chi connectivity index (χ0v) is 17.9. The highest BCUT2D eigenvalue weighted by atomic mass is 16.5. The Kier molecular flexibility index (Phi) is 8.07. The zero-order chi connectivity index (χ0) is 20.6.